The zero-order valence-electron chi connectivity index (χ0n) is 10.6. The van der Waals surface area contributed by atoms with Gasteiger partial charge in [0.25, 0.3) is 0 Å². The first kappa shape index (κ1) is 13.4. The SMILES string of the molecule is Cc1nc(CCn2c(=S)[nH]c3c(F)cc(F)cc32)cs1. The lowest BCUT2D eigenvalue weighted by Crippen LogP contribution is -2.02. The van der Waals surface area contributed by atoms with Crippen molar-refractivity contribution in [3.05, 3.63) is 44.6 Å². The molecule has 0 spiro atoms. The number of rotatable bonds is 3. The lowest BCUT2D eigenvalue weighted by Gasteiger charge is -2.03. The molecule has 0 bridgehead atoms. The predicted octanol–water partition coefficient (Wildman–Crippen LogP) is 3.98. The van der Waals surface area contributed by atoms with Crippen molar-refractivity contribution in [1.29, 1.82) is 0 Å². The minimum absolute atomic E-state index is 0.242. The number of imidazole rings is 1. The van der Waals surface area contributed by atoms with Crippen LogP contribution in [0.15, 0.2) is 17.5 Å². The van der Waals surface area contributed by atoms with Crippen molar-refractivity contribution in [3.8, 4) is 0 Å². The number of fused-ring (bicyclic) bond motifs is 1. The molecular weight excluding hydrogens is 300 g/mol. The van der Waals surface area contributed by atoms with Gasteiger partial charge in [-0.3, -0.25) is 0 Å². The minimum atomic E-state index is -0.630. The number of aromatic amines is 1. The Morgan fingerprint density at radius 2 is 2.20 bits per heavy atom. The number of nitrogens with one attached hydrogen (secondary N) is 1. The number of thiazole rings is 1. The Morgan fingerprint density at radius 1 is 1.40 bits per heavy atom. The van der Waals surface area contributed by atoms with E-state index in [9.17, 15) is 8.78 Å². The fourth-order valence-electron chi connectivity index (χ4n) is 2.15. The van der Waals surface area contributed by atoms with Crippen molar-refractivity contribution in [3.63, 3.8) is 0 Å². The first-order valence-electron chi connectivity index (χ1n) is 6.03. The molecule has 0 amide bonds. The summed E-state index contributed by atoms with van der Waals surface area (Å²) in [6.45, 7) is 2.47. The van der Waals surface area contributed by atoms with E-state index >= 15 is 0 Å². The lowest BCUT2D eigenvalue weighted by atomic mass is 10.3. The maximum atomic E-state index is 13.7. The van der Waals surface area contributed by atoms with Crippen molar-refractivity contribution in [2.75, 3.05) is 0 Å². The second kappa shape index (κ2) is 5.06. The van der Waals surface area contributed by atoms with Gasteiger partial charge < -0.3 is 9.55 Å². The van der Waals surface area contributed by atoms with Crippen LogP contribution in [0.3, 0.4) is 0 Å². The molecule has 2 aromatic heterocycles. The van der Waals surface area contributed by atoms with E-state index in [1.165, 1.54) is 6.07 Å². The van der Waals surface area contributed by atoms with Crippen LogP contribution in [0.2, 0.25) is 0 Å². The Kier molecular flexibility index (Phi) is 3.39. The molecule has 104 valence electrons. The van der Waals surface area contributed by atoms with Crippen LogP contribution in [-0.2, 0) is 13.0 Å². The molecule has 1 N–H and O–H groups in total. The van der Waals surface area contributed by atoms with Gasteiger partial charge in [-0.05, 0) is 25.2 Å². The van der Waals surface area contributed by atoms with Gasteiger partial charge in [-0.25, -0.2) is 13.8 Å². The minimum Gasteiger partial charge on any atom is -0.328 e. The van der Waals surface area contributed by atoms with Gasteiger partial charge >= 0.3 is 0 Å². The predicted molar refractivity (Wildman–Crippen MR) is 77.6 cm³/mol. The Hall–Kier alpha value is -1.60. The average molecular weight is 311 g/mol. The number of aryl methyl sites for hydroxylation is 3. The number of benzene rings is 1. The summed E-state index contributed by atoms with van der Waals surface area (Å²) in [5, 5.41) is 2.98. The number of hydrogen-bond donors (Lipinski definition) is 1. The standard InChI is InChI=1S/C13H11F2N3S2/c1-7-16-9(6-20-7)2-3-18-11-5-8(14)4-10(15)12(11)17-13(18)19/h4-6H,2-3H2,1H3,(H,17,19). The van der Waals surface area contributed by atoms with E-state index in [4.69, 9.17) is 12.2 Å². The summed E-state index contributed by atoms with van der Waals surface area (Å²) in [5.74, 6) is -1.24. The van der Waals surface area contributed by atoms with Crippen LogP contribution >= 0.6 is 23.6 Å². The average Bonchev–Trinajstić information content (AvgIpc) is 2.91. The molecule has 0 aliphatic heterocycles. The first-order valence-corrected chi connectivity index (χ1v) is 7.32. The number of halogens is 2. The van der Waals surface area contributed by atoms with Crippen LogP contribution in [0.4, 0.5) is 8.78 Å². The monoisotopic (exact) mass is 311 g/mol. The summed E-state index contributed by atoms with van der Waals surface area (Å²) in [6, 6.07) is 2.14. The van der Waals surface area contributed by atoms with Crippen molar-refractivity contribution in [1.82, 2.24) is 14.5 Å². The zero-order valence-corrected chi connectivity index (χ0v) is 12.2. The Balaban J connectivity index is 1.98. The van der Waals surface area contributed by atoms with Crippen molar-refractivity contribution >= 4 is 34.6 Å². The van der Waals surface area contributed by atoms with Crippen LogP contribution in [-0.4, -0.2) is 14.5 Å². The fourth-order valence-corrected chi connectivity index (χ4v) is 3.09. The van der Waals surface area contributed by atoms with Gasteiger partial charge in [0.05, 0.1) is 16.2 Å². The van der Waals surface area contributed by atoms with Crippen LogP contribution in [0.1, 0.15) is 10.7 Å². The highest BCUT2D eigenvalue weighted by Crippen LogP contribution is 2.20. The lowest BCUT2D eigenvalue weighted by molar-refractivity contribution is 0.589. The van der Waals surface area contributed by atoms with E-state index in [1.54, 1.807) is 15.9 Å². The number of H-pyrrole nitrogens is 1. The van der Waals surface area contributed by atoms with E-state index in [-0.39, 0.29) is 5.52 Å². The summed E-state index contributed by atoms with van der Waals surface area (Å²) < 4.78 is 29.1. The number of nitrogens with zero attached hydrogens (tertiary/aromatic N) is 2. The van der Waals surface area contributed by atoms with Crippen molar-refractivity contribution in [2.45, 2.75) is 19.9 Å². The summed E-state index contributed by atoms with van der Waals surface area (Å²) in [4.78, 5) is 7.15. The molecule has 3 rings (SSSR count). The highest BCUT2D eigenvalue weighted by Gasteiger charge is 2.11. The molecule has 7 heteroatoms. The largest absolute Gasteiger partial charge is 0.328 e. The molecule has 1 aromatic carbocycles. The Labute approximate surface area is 122 Å². The van der Waals surface area contributed by atoms with Gasteiger partial charge in [0.2, 0.25) is 0 Å². The summed E-state index contributed by atoms with van der Waals surface area (Å²) in [5.41, 5.74) is 1.64. The van der Waals surface area contributed by atoms with E-state index in [1.807, 2.05) is 12.3 Å². The van der Waals surface area contributed by atoms with Crippen LogP contribution in [0.25, 0.3) is 11.0 Å². The van der Waals surface area contributed by atoms with Gasteiger partial charge in [-0.2, -0.15) is 0 Å². The van der Waals surface area contributed by atoms with E-state index in [0.717, 1.165) is 16.8 Å². The maximum absolute atomic E-state index is 13.7. The van der Waals surface area contributed by atoms with Crippen LogP contribution in [0, 0.1) is 23.3 Å². The third kappa shape index (κ3) is 2.38. The normalized spacial score (nSPS) is 11.3. The van der Waals surface area contributed by atoms with Crippen LogP contribution < -0.4 is 0 Å². The quantitative estimate of drug-likeness (QED) is 0.742. The highest BCUT2D eigenvalue weighted by molar-refractivity contribution is 7.71. The van der Waals surface area contributed by atoms with Gasteiger partial charge in [0.15, 0.2) is 10.6 Å². The van der Waals surface area contributed by atoms with E-state index < -0.39 is 11.6 Å². The van der Waals surface area contributed by atoms with Crippen molar-refractivity contribution < 1.29 is 8.78 Å². The first-order chi connectivity index (χ1) is 9.54. The van der Waals surface area contributed by atoms with Gasteiger partial charge in [-0.15, -0.1) is 11.3 Å². The summed E-state index contributed by atoms with van der Waals surface area (Å²) in [7, 11) is 0. The Bertz CT molecular complexity index is 832. The molecule has 0 aliphatic carbocycles. The second-order valence-corrected chi connectivity index (χ2v) is 5.92. The third-order valence-electron chi connectivity index (χ3n) is 3.06. The van der Waals surface area contributed by atoms with E-state index in [2.05, 4.69) is 9.97 Å². The molecule has 3 aromatic rings. The molecular formula is C13H11F2N3S2. The third-order valence-corrected chi connectivity index (χ3v) is 4.20. The summed E-state index contributed by atoms with van der Waals surface area (Å²) in [6.07, 6.45) is 0.670. The molecule has 0 radical (unpaired) electrons. The smallest absolute Gasteiger partial charge is 0.178 e. The van der Waals surface area contributed by atoms with Gasteiger partial charge in [-0.1, -0.05) is 0 Å². The molecule has 0 atom stereocenters. The maximum Gasteiger partial charge on any atom is 0.178 e. The molecule has 0 unspecified atom stereocenters. The van der Waals surface area contributed by atoms with Crippen molar-refractivity contribution in [2.24, 2.45) is 0 Å². The number of hydrogen-bond acceptors (Lipinski definition) is 3. The molecule has 3 nitrogen and oxygen atoms in total. The molecule has 0 aliphatic rings. The second-order valence-electron chi connectivity index (χ2n) is 4.47. The molecule has 2 heterocycles. The Morgan fingerprint density at radius 3 is 2.90 bits per heavy atom. The highest BCUT2D eigenvalue weighted by atomic mass is 32.1. The van der Waals surface area contributed by atoms with Gasteiger partial charge in [0, 0.05) is 24.4 Å². The van der Waals surface area contributed by atoms with Gasteiger partial charge in [0.1, 0.15) is 11.3 Å². The molecule has 0 saturated heterocycles. The summed E-state index contributed by atoms with van der Waals surface area (Å²) >= 11 is 6.76. The topological polar surface area (TPSA) is 33.6 Å². The zero-order chi connectivity index (χ0) is 14.3. The molecule has 0 fully saturated rings. The molecule has 20 heavy (non-hydrogen) atoms. The number of aromatic nitrogens is 3. The van der Waals surface area contributed by atoms with E-state index in [0.29, 0.717) is 23.3 Å². The fraction of sp³-hybridized carbons (Fsp3) is 0.231. The molecule has 0 saturated carbocycles. The van der Waals surface area contributed by atoms with Crippen LogP contribution in [0.5, 0.6) is 0 Å².